The van der Waals surface area contributed by atoms with E-state index in [-0.39, 0.29) is 24.0 Å². The summed E-state index contributed by atoms with van der Waals surface area (Å²) in [4.78, 5) is 8.98. The van der Waals surface area contributed by atoms with Crippen molar-refractivity contribution in [2.75, 3.05) is 6.54 Å². The lowest BCUT2D eigenvalue weighted by atomic mass is 9.87. The van der Waals surface area contributed by atoms with Crippen LogP contribution in [0.5, 0.6) is 0 Å². The van der Waals surface area contributed by atoms with E-state index >= 15 is 0 Å². The van der Waals surface area contributed by atoms with Crippen LogP contribution in [0.1, 0.15) is 45.1 Å². The van der Waals surface area contributed by atoms with E-state index in [4.69, 9.17) is 4.99 Å². The lowest BCUT2D eigenvalue weighted by molar-refractivity contribution is 0.329. The van der Waals surface area contributed by atoms with Gasteiger partial charge in [-0.15, -0.1) is 24.0 Å². The van der Waals surface area contributed by atoms with Gasteiger partial charge >= 0.3 is 0 Å². The molecule has 0 aliphatic heterocycles. The summed E-state index contributed by atoms with van der Waals surface area (Å²) in [5, 5.41) is 13.8. The number of aromatic nitrogens is 3. The molecule has 142 valence electrons. The summed E-state index contributed by atoms with van der Waals surface area (Å²) in [6, 6.07) is 8.80. The molecule has 1 fully saturated rings. The maximum Gasteiger partial charge on any atom is 0.191 e. The third-order valence-corrected chi connectivity index (χ3v) is 4.74. The number of nitrogens with one attached hydrogen (secondary N) is 3. The number of guanidine groups is 1. The topological polar surface area (TPSA) is 78.0 Å². The Morgan fingerprint density at radius 2 is 2.08 bits per heavy atom. The molecule has 0 unspecified atom stereocenters. The van der Waals surface area contributed by atoms with E-state index < -0.39 is 0 Å². The summed E-state index contributed by atoms with van der Waals surface area (Å²) in [5.74, 6) is 2.55. The fourth-order valence-corrected chi connectivity index (χ4v) is 3.25. The minimum absolute atomic E-state index is 0. The lowest BCUT2D eigenvalue weighted by Crippen LogP contribution is -2.44. The van der Waals surface area contributed by atoms with E-state index in [2.05, 4.69) is 51.8 Å². The van der Waals surface area contributed by atoms with Gasteiger partial charge in [0.25, 0.3) is 0 Å². The molecule has 1 saturated carbocycles. The third kappa shape index (κ3) is 5.96. The Kier molecular flexibility index (Phi) is 8.34. The molecule has 7 heteroatoms. The van der Waals surface area contributed by atoms with Crippen LogP contribution in [-0.4, -0.2) is 33.7 Å². The van der Waals surface area contributed by atoms with Crippen molar-refractivity contribution in [1.82, 2.24) is 25.8 Å². The van der Waals surface area contributed by atoms with Crippen molar-refractivity contribution in [3.8, 4) is 11.4 Å². The number of aliphatic imine (C=N–C) groups is 1. The minimum Gasteiger partial charge on any atom is -0.357 e. The second-order valence-electron chi connectivity index (χ2n) is 6.83. The smallest absolute Gasteiger partial charge is 0.191 e. The van der Waals surface area contributed by atoms with Gasteiger partial charge in [0, 0.05) is 18.2 Å². The molecule has 26 heavy (non-hydrogen) atoms. The molecule has 0 saturated heterocycles. The van der Waals surface area contributed by atoms with Crippen molar-refractivity contribution in [2.24, 2.45) is 10.9 Å². The van der Waals surface area contributed by atoms with Crippen LogP contribution in [0.3, 0.4) is 0 Å². The van der Waals surface area contributed by atoms with E-state index in [1.165, 1.54) is 32.0 Å². The Morgan fingerprint density at radius 3 is 2.77 bits per heavy atom. The molecule has 0 atom stereocenters. The zero-order valence-corrected chi connectivity index (χ0v) is 17.9. The fraction of sp³-hybridized carbons (Fsp3) is 0.526. The van der Waals surface area contributed by atoms with Crippen LogP contribution in [0.4, 0.5) is 0 Å². The molecule has 1 aromatic carbocycles. The normalized spacial score (nSPS) is 20.3. The summed E-state index contributed by atoms with van der Waals surface area (Å²) in [6.07, 6.45) is 6.59. The second-order valence-corrected chi connectivity index (χ2v) is 6.83. The Labute approximate surface area is 172 Å². The van der Waals surface area contributed by atoms with Crippen molar-refractivity contribution in [1.29, 1.82) is 0 Å². The van der Waals surface area contributed by atoms with Gasteiger partial charge in [-0.3, -0.25) is 5.10 Å². The monoisotopic (exact) mass is 468 g/mol. The fourth-order valence-electron chi connectivity index (χ4n) is 3.25. The summed E-state index contributed by atoms with van der Waals surface area (Å²) >= 11 is 0. The van der Waals surface area contributed by atoms with Gasteiger partial charge in [-0.05, 0) is 50.2 Å². The van der Waals surface area contributed by atoms with E-state index in [0.29, 0.717) is 12.6 Å². The predicted molar refractivity (Wildman–Crippen MR) is 117 cm³/mol. The first-order valence-electron chi connectivity index (χ1n) is 9.24. The van der Waals surface area contributed by atoms with Crippen LogP contribution in [0.15, 0.2) is 35.6 Å². The van der Waals surface area contributed by atoms with Gasteiger partial charge in [-0.25, -0.2) is 9.98 Å². The van der Waals surface area contributed by atoms with Gasteiger partial charge in [0.15, 0.2) is 11.8 Å². The Morgan fingerprint density at radius 1 is 1.27 bits per heavy atom. The quantitative estimate of drug-likeness (QED) is 0.355. The van der Waals surface area contributed by atoms with E-state index in [9.17, 15) is 0 Å². The number of hydrogen-bond acceptors (Lipinski definition) is 3. The van der Waals surface area contributed by atoms with E-state index in [1.54, 1.807) is 0 Å². The third-order valence-electron chi connectivity index (χ3n) is 4.74. The highest BCUT2D eigenvalue weighted by Crippen LogP contribution is 2.23. The molecule has 1 aliphatic rings. The van der Waals surface area contributed by atoms with Gasteiger partial charge in [0.2, 0.25) is 0 Å². The number of H-pyrrole nitrogens is 1. The first-order valence-corrected chi connectivity index (χ1v) is 9.24. The van der Waals surface area contributed by atoms with Gasteiger partial charge in [0.1, 0.15) is 6.33 Å². The first kappa shape index (κ1) is 20.7. The molecule has 3 N–H and O–H groups in total. The molecule has 3 rings (SSSR count). The summed E-state index contributed by atoms with van der Waals surface area (Å²) in [7, 11) is 0. The Bertz CT molecular complexity index is 677. The molecule has 1 aliphatic carbocycles. The minimum atomic E-state index is 0. The summed E-state index contributed by atoms with van der Waals surface area (Å²) in [5.41, 5.74) is 2.19. The standard InChI is InChI=1S/C19H28N6.HI/c1-3-20-19(24-17-9-7-14(2)8-10-17)21-12-15-5-4-6-16(11-15)18-22-13-23-25-18;/h4-6,11,13-14,17H,3,7-10,12H2,1-2H3,(H2,20,21,24)(H,22,23,25);1H. The summed E-state index contributed by atoms with van der Waals surface area (Å²) < 4.78 is 0. The first-order chi connectivity index (χ1) is 12.2. The Balaban J connectivity index is 0.00000243. The van der Waals surface area contributed by atoms with Crippen LogP contribution in [-0.2, 0) is 6.54 Å². The SMILES string of the molecule is CCNC(=NCc1cccc(-c2ncn[nH]2)c1)NC1CCC(C)CC1.I. The second kappa shape index (κ2) is 10.5. The van der Waals surface area contributed by atoms with Crippen molar-refractivity contribution >= 4 is 29.9 Å². The molecular weight excluding hydrogens is 439 g/mol. The highest BCUT2D eigenvalue weighted by atomic mass is 127. The van der Waals surface area contributed by atoms with Gasteiger partial charge in [-0.2, -0.15) is 5.10 Å². The van der Waals surface area contributed by atoms with Crippen LogP contribution in [0.25, 0.3) is 11.4 Å². The summed E-state index contributed by atoms with van der Waals surface area (Å²) in [6.45, 7) is 5.95. The number of aromatic amines is 1. The average Bonchev–Trinajstić information content (AvgIpc) is 3.17. The molecular formula is C19H29IN6. The highest BCUT2D eigenvalue weighted by Gasteiger charge is 2.18. The van der Waals surface area contributed by atoms with Crippen molar-refractivity contribution in [2.45, 2.75) is 52.1 Å². The van der Waals surface area contributed by atoms with Crippen LogP contribution in [0.2, 0.25) is 0 Å². The van der Waals surface area contributed by atoms with E-state index in [1.807, 2.05) is 12.1 Å². The molecule has 1 heterocycles. The van der Waals surface area contributed by atoms with Crippen molar-refractivity contribution in [3.63, 3.8) is 0 Å². The van der Waals surface area contributed by atoms with Crippen molar-refractivity contribution in [3.05, 3.63) is 36.2 Å². The van der Waals surface area contributed by atoms with Gasteiger partial charge in [0.05, 0.1) is 6.54 Å². The number of benzene rings is 1. The van der Waals surface area contributed by atoms with Crippen molar-refractivity contribution < 1.29 is 0 Å². The maximum absolute atomic E-state index is 4.77. The largest absolute Gasteiger partial charge is 0.357 e. The number of hydrogen-bond donors (Lipinski definition) is 3. The number of nitrogens with zero attached hydrogens (tertiary/aromatic N) is 3. The molecule has 0 amide bonds. The molecule has 0 bridgehead atoms. The van der Waals surface area contributed by atoms with Crippen LogP contribution >= 0.6 is 24.0 Å². The van der Waals surface area contributed by atoms with E-state index in [0.717, 1.165) is 35.4 Å². The van der Waals surface area contributed by atoms with Gasteiger partial charge in [-0.1, -0.05) is 25.1 Å². The lowest BCUT2D eigenvalue weighted by Gasteiger charge is -2.28. The highest BCUT2D eigenvalue weighted by molar-refractivity contribution is 14.0. The van der Waals surface area contributed by atoms with Crippen LogP contribution < -0.4 is 10.6 Å². The zero-order chi connectivity index (χ0) is 17.5. The molecule has 6 nitrogen and oxygen atoms in total. The van der Waals surface area contributed by atoms with Gasteiger partial charge < -0.3 is 10.6 Å². The Hall–Kier alpha value is -1.64. The zero-order valence-electron chi connectivity index (χ0n) is 15.5. The molecule has 0 radical (unpaired) electrons. The number of rotatable bonds is 5. The predicted octanol–water partition coefficient (Wildman–Crippen LogP) is 3.72. The number of halogens is 1. The average molecular weight is 468 g/mol. The molecule has 1 aromatic heterocycles. The van der Waals surface area contributed by atoms with Crippen LogP contribution in [0, 0.1) is 5.92 Å². The maximum atomic E-state index is 4.77. The molecule has 2 aromatic rings. The molecule has 0 spiro atoms.